The van der Waals surface area contributed by atoms with E-state index in [-0.39, 0.29) is 6.61 Å². The Bertz CT molecular complexity index is 495. The summed E-state index contributed by atoms with van der Waals surface area (Å²) in [6, 6.07) is 1.43. The molecule has 8 heteroatoms. The zero-order valence-corrected chi connectivity index (χ0v) is 13.4. The van der Waals surface area contributed by atoms with Crippen molar-refractivity contribution in [3.05, 3.63) is 12.1 Å². The molecule has 0 radical (unpaired) electrons. The van der Waals surface area contributed by atoms with Gasteiger partial charge in [-0.3, -0.25) is 0 Å². The van der Waals surface area contributed by atoms with Crippen LogP contribution in [0.25, 0.3) is 0 Å². The maximum atomic E-state index is 12.2. The number of aromatic nitrogens is 1. The molecule has 8 nitrogen and oxygen atoms in total. The van der Waals surface area contributed by atoms with E-state index in [1.54, 1.807) is 0 Å². The summed E-state index contributed by atoms with van der Waals surface area (Å²) >= 11 is 0. The highest BCUT2D eigenvalue weighted by molar-refractivity contribution is 5.81. The highest BCUT2D eigenvalue weighted by Gasteiger charge is 2.25. The number of carbonyl (C=O) groups is 2. The molecule has 1 heterocycles. The number of hydrogen-bond acceptors (Lipinski definition) is 6. The van der Waals surface area contributed by atoms with Gasteiger partial charge in [0, 0.05) is 12.1 Å². The molecule has 1 rings (SSSR count). The largest absolute Gasteiger partial charge is 0.492 e. The van der Waals surface area contributed by atoms with Crippen LogP contribution in [0.2, 0.25) is 0 Å². The Morgan fingerprint density at radius 3 is 2.35 bits per heavy atom. The predicted molar refractivity (Wildman–Crippen MR) is 82.1 cm³/mol. The molecule has 23 heavy (non-hydrogen) atoms. The number of aromatic hydroxyl groups is 2. The molecule has 0 saturated heterocycles. The molecular weight excluding hydrogens is 304 g/mol. The van der Waals surface area contributed by atoms with E-state index >= 15 is 0 Å². The van der Waals surface area contributed by atoms with Crippen molar-refractivity contribution in [3.8, 4) is 11.8 Å². The average Bonchev–Trinajstić information content (AvgIpc) is 2.83. The molecule has 1 aromatic heterocycles. The summed E-state index contributed by atoms with van der Waals surface area (Å²) in [7, 11) is 0. The fourth-order valence-electron chi connectivity index (χ4n) is 1.80. The molecule has 1 atom stereocenters. The van der Waals surface area contributed by atoms with Gasteiger partial charge in [-0.1, -0.05) is 33.1 Å². The van der Waals surface area contributed by atoms with Gasteiger partial charge in [-0.2, -0.15) is 0 Å². The molecule has 0 aliphatic rings. The molecule has 0 bridgehead atoms. The van der Waals surface area contributed by atoms with E-state index in [1.807, 2.05) is 13.8 Å². The first-order valence-corrected chi connectivity index (χ1v) is 7.74. The summed E-state index contributed by atoms with van der Waals surface area (Å²) in [4.78, 5) is 28.7. The van der Waals surface area contributed by atoms with Crippen molar-refractivity contribution in [2.45, 2.75) is 52.0 Å². The highest BCUT2D eigenvalue weighted by atomic mass is 16.7. The smallest absolute Gasteiger partial charge is 0.407 e. The normalized spacial score (nSPS) is 11.7. The zero-order chi connectivity index (χ0) is 17.2. The number of hydrogen-bond donors (Lipinski definition) is 3. The molecule has 3 N–H and O–H groups in total. The molecule has 0 fully saturated rings. The molecule has 0 aliphatic carbocycles. The van der Waals surface area contributed by atoms with E-state index in [1.165, 1.54) is 12.1 Å². The number of unbranched alkanes of at least 4 members (excludes halogenated alkanes) is 2. The molecule has 1 amide bonds. The zero-order valence-electron chi connectivity index (χ0n) is 13.4. The quantitative estimate of drug-likeness (QED) is 0.598. The lowest BCUT2D eigenvalue weighted by molar-refractivity contribution is -0.148. The lowest BCUT2D eigenvalue weighted by Crippen LogP contribution is -2.45. The molecule has 0 spiro atoms. The SMILES string of the molecule is CCCCOC(=O)N[C@@H](CCCC)C(=O)On1c(O)ccc1O. The van der Waals surface area contributed by atoms with Crippen molar-refractivity contribution in [1.29, 1.82) is 0 Å². The Hall–Kier alpha value is -2.38. The lowest BCUT2D eigenvalue weighted by Gasteiger charge is -2.17. The van der Waals surface area contributed by atoms with Gasteiger partial charge in [0.1, 0.15) is 6.04 Å². The third-order valence-electron chi connectivity index (χ3n) is 3.13. The van der Waals surface area contributed by atoms with Crippen molar-refractivity contribution >= 4 is 12.1 Å². The van der Waals surface area contributed by atoms with Gasteiger partial charge in [0.15, 0.2) is 0 Å². The lowest BCUT2D eigenvalue weighted by atomic mass is 10.1. The Kier molecular flexibility index (Phi) is 7.79. The van der Waals surface area contributed by atoms with Gasteiger partial charge in [0.05, 0.1) is 6.61 Å². The van der Waals surface area contributed by atoms with Gasteiger partial charge >= 0.3 is 12.1 Å². The Balaban J connectivity index is 2.64. The van der Waals surface area contributed by atoms with Gasteiger partial charge in [-0.15, -0.1) is 4.73 Å². The minimum absolute atomic E-state index is 0.275. The maximum absolute atomic E-state index is 12.2. The number of nitrogens with zero attached hydrogens (tertiary/aromatic N) is 1. The van der Waals surface area contributed by atoms with Crippen LogP contribution in [0.1, 0.15) is 46.0 Å². The Morgan fingerprint density at radius 2 is 1.78 bits per heavy atom. The topological polar surface area (TPSA) is 110 Å². The number of alkyl carbamates (subject to hydrolysis) is 1. The molecule has 0 saturated carbocycles. The minimum Gasteiger partial charge on any atom is -0.492 e. The summed E-state index contributed by atoms with van der Waals surface area (Å²) in [6.07, 6.45) is 2.82. The van der Waals surface area contributed by atoms with Crippen LogP contribution in [0.4, 0.5) is 4.79 Å². The van der Waals surface area contributed by atoms with Crippen LogP contribution >= 0.6 is 0 Å². The summed E-state index contributed by atoms with van der Waals surface area (Å²) in [5.74, 6) is -1.64. The number of nitrogens with one attached hydrogen (secondary N) is 1. The second-order valence-electron chi connectivity index (χ2n) is 5.08. The monoisotopic (exact) mass is 328 g/mol. The molecule has 1 aromatic rings. The first-order valence-electron chi connectivity index (χ1n) is 7.74. The highest BCUT2D eigenvalue weighted by Crippen LogP contribution is 2.19. The standard InChI is InChI=1S/C15H24N2O6/c1-3-5-7-11(16-15(21)22-10-6-4-2)14(20)23-17-12(18)8-9-13(17)19/h8-9,11,18-19H,3-7,10H2,1-2H3,(H,16,21)/t11-/m0/s1. The number of ether oxygens (including phenoxy) is 1. The van der Waals surface area contributed by atoms with Crippen LogP contribution in [0.3, 0.4) is 0 Å². The minimum atomic E-state index is -0.926. The third-order valence-corrected chi connectivity index (χ3v) is 3.13. The fraction of sp³-hybridized carbons (Fsp3) is 0.600. The van der Waals surface area contributed by atoms with Crippen LogP contribution in [0.15, 0.2) is 12.1 Å². The Morgan fingerprint density at radius 1 is 1.17 bits per heavy atom. The first-order chi connectivity index (χ1) is 11.0. The van der Waals surface area contributed by atoms with Gasteiger partial charge in [0.2, 0.25) is 11.8 Å². The maximum Gasteiger partial charge on any atom is 0.407 e. The van der Waals surface area contributed by atoms with Crippen LogP contribution in [0, 0.1) is 0 Å². The first kappa shape index (κ1) is 18.7. The van der Waals surface area contributed by atoms with E-state index in [2.05, 4.69) is 5.32 Å². The van der Waals surface area contributed by atoms with Crippen molar-refractivity contribution < 1.29 is 29.4 Å². The van der Waals surface area contributed by atoms with Crippen LogP contribution < -0.4 is 10.2 Å². The average molecular weight is 328 g/mol. The molecular formula is C15H24N2O6. The summed E-state index contributed by atoms with van der Waals surface area (Å²) in [5, 5.41) is 21.4. The van der Waals surface area contributed by atoms with Crippen molar-refractivity contribution in [2.24, 2.45) is 0 Å². The molecule has 0 aromatic carbocycles. The van der Waals surface area contributed by atoms with Crippen molar-refractivity contribution in [3.63, 3.8) is 0 Å². The summed E-state index contributed by atoms with van der Waals surface area (Å²) < 4.78 is 5.55. The second kappa shape index (κ2) is 9.60. The van der Waals surface area contributed by atoms with E-state index in [0.717, 1.165) is 19.3 Å². The predicted octanol–water partition coefficient (Wildman–Crippen LogP) is 1.94. The van der Waals surface area contributed by atoms with Crippen LogP contribution in [0.5, 0.6) is 11.8 Å². The number of rotatable bonds is 9. The van der Waals surface area contributed by atoms with E-state index in [9.17, 15) is 19.8 Å². The number of carbonyl (C=O) groups excluding carboxylic acids is 2. The van der Waals surface area contributed by atoms with E-state index in [4.69, 9.17) is 9.57 Å². The van der Waals surface area contributed by atoms with Crippen LogP contribution in [-0.2, 0) is 9.53 Å². The van der Waals surface area contributed by atoms with Gasteiger partial charge in [0.25, 0.3) is 0 Å². The van der Waals surface area contributed by atoms with Gasteiger partial charge in [-0.25, -0.2) is 9.59 Å². The second-order valence-corrected chi connectivity index (χ2v) is 5.08. The van der Waals surface area contributed by atoms with Gasteiger partial charge in [-0.05, 0) is 12.8 Å². The van der Waals surface area contributed by atoms with E-state index < -0.39 is 29.9 Å². The Labute approximate surface area is 135 Å². The van der Waals surface area contributed by atoms with E-state index in [0.29, 0.717) is 17.6 Å². The summed E-state index contributed by atoms with van der Waals surface area (Å²) in [6.45, 7) is 4.20. The molecule has 0 unspecified atom stereocenters. The van der Waals surface area contributed by atoms with Gasteiger partial charge < -0.3 is 25.1 Å². The molecule has 130 valence electrons. The van der Waals surface area contributed by atoms with Crippen molar-refractivity contribution in [2.75, 3.05) is 6.61 Å². The molecule has 0 aliphatic heterocycles. The third kappa shape index (κ3) is 6.09. The summed E-state index contributed by atoms with van der Waals surface area (Å²) in [5.41, 5.74) is 0. The van der Waals surface area contributed by atoms with Crippen molar-refractivity contribution in [1.82, 2.24) is 10.0 Å². The number of amides is 1. The van der Waals surface area contributed by atoms with Crippen LogP contribution in [-0.4, -0.2) is 39.7 Å². The fourth-order valence-corrected chi connectivity index (χ4v) is 1.80.